The van der Waals surface area contributed by atoms with E-state index in [-0.39, 0.29) is 42.0 Å². The number of benzene rings is 2. The highest BCUT2D eigenvalue weighted by Gasteiger charge is 2.49. The Balaban J connectivity index is 1.61. The van der Waals surface area contributed by atoms with Crippen LogP contribution in [0.2, 0.25) is 10.0 Å². The van der Waals surface area contributed by atoms with Crippen LogP contribution in [0.1, 0.15) is 76.8 Å². The molecular formula is C33H35Cl2NO5. The van der Waals surface area contributed by atoms with Crippen LogP contribution in [0.4, 0.5) is 0 Å². The molecular weight excluding hydrogens is 561 g/mol. The lowest BCUT2D eigenvalue weighted by Gasteiger charge is -2.49. The zero-order valence-corrected chi connectivity index (χ0v) is 25.4. The summed E-state index contributed by atoms with van der Waals surface area (Å²) in [5, 5.41) is 10.6. The first-order chi connectivity index (χ1) is 19.2. The Morgan fingerprint density at radius 2 is 1.54 bits per heavy atom. The first-order valence-electron chi connectivity index (χ1n) is 13.9. The van der Waals surface area contributed by atoms with Crippen molar-refractivity contribution in [1.82, 2.24) is 4.90 Å². The summed E-state index contributed by atoms with van der Waals surface area (Å²) in [5.41, 5.74) is 3.95. The summed E-state index contributed by atoms with van der Waals surface area (Å²) in [6.07, 6.45) is 1.89. The van der Waals surface area contributed by atoms with Gasteiger partial charge in [-0.1, -0.05) is 69.1 Å². The van der Waals surface area contributed by atoms with Gasteiger partial charge in [0.1, 0.15) is 12.4 Å². The number of allylic oxidation sites excluding steroid dienone is 4. The molecule has 0 unspecified atom stereocenters. The Hall–Kier alpha value is -3.09. The van der Waals surface area contributed by atoms with E-state index in [9.17, 15) is 19.5 Å². The molecule has 8 heteroatoms. The van der Waals surface area contributed by atoms with Gasteiger partial charge in [0.25, 0.3) is 0 Å². The van der Waals surface area contributed by atoms with Gasteiger partial charge in [-0.25, -0.2) is 0 Å². The molecule has 1 N–H and O–H groups in total. The Bertz CT molecular complexity index is 1450. The van der Waals surface area contributed by atoms with Gasteiger partial charge in [0.15, 0.2) is 11.6 Å². The highest BCUT2D eigenvalue weighted by Crippen LogP contribution is 2.54. The smallest absolute Gasteiger partial charge is 0.305 e. The van der Waals surface area contributed by atoms with Crippen LogP contribution in [-0.2, 0) is 21.0 Å². The van der Waals surface area contributed by atoms with Gasteiger partial charge in [-0.3, -0.25) is 14.4 Å². The number of rotatable bonds is 7. The molecule has 0 saturated carbocycles. The third-order valence-electron chi connectivity index (χ3n) is 8.17. The van der Waals surface area contributed by atoms with Crippen LogP contribution >= 0.6 is 23.2 Å². The van der Waals surface area contributed by atoms with Crippen molar-refractivity contribution in [1.29, 1.82) is 0 Å². The molecule has 0 bridgehead atoms. The summed E-state index contributed by atoms with van der Waals surface area (Å²) in [4.78, 5) is 41.4. The standard InChI is InChI=1S/C33H35Cl2NO5/c1-32(2)14-24-30(26(37)16-32)29(31-25(36(24)11-10-28(39)40)15-33(3,4)17-27(31)38)19-6-5-7-22(12-19)41-18-20-8-9-21(34)13-23(20)35/h5-9,12-13,29H,10-11,14-18H2,1-4H3,(H,39,40). The molecule has 2 aromatic carbocycles. The number of carbonyl (C=O) groups is 3. The summed E-state index contributed by atoms with van der Waals surface area (Å²) in [6, 6.07) is 12.8. The number of hydrogen-bond acceptors (Lipinski definition) is 5. The fourth-order valence-corrected chi connectivity index (χ4v) is 6.91. The molecule has 0 saturated heterocycles. The summed E-state index contributed by atoms with van der Waals surface area (Å²) in [5.74, 6) is -0.839. The monoisotopic (exact) mass is 595 g/mol. The topological polar surface area (TPSA) is 83.9 Å². The van der Waals surface area contributed by atoms with E-state index in [1.165, 1.54) is 0 Å². The molecule has 3 aliphatic rings. The molecule has 1 heterocycles. The minimum Gasteiger partial charge on any atom is -0.489 e. The highest BCUT2D eigenvalue weighted by atomic mass is 35.5. The van der Waals surface area contributed by atoms with Crippen molar-refractivity contribution in [3.8, 4) is 5.75 Å². The second-order valence-corrected chi connectivity index (χ2v) is 13.8. The van der Waals surface area contributed by atoms with Crippen molar-refractivity contribution in [2.24, 2.45) is 10.8 Å². The lowest BCUT2D eigenvalue weighted by molar-refractivity contribution is -0.137. The Kier molecular flexibility index (Phi) is 7.86. The molecule has 5 rings (SSSR count). The van der Waals surface area contributed by atoms with Gasteiger partial charge in [-0.2, -0.15) is 0 Å². The average molecular weight is 597 g/mol. The molecule has 216 valence electrons. The molecule has 2 aliphatic carbocycles. The molecule has 0 fully saturated rings. The number of nitrogens with zero attached hydrogens (tertiary/aromatic N) is 1. The fraction of sp³-hybridized carbons (Fsp3) is 0.424. The van der Waals surface area contributed by atoms with Crippen LogP contribution in [-0.4, -0.2) is 34.1 Å². The van der Waals surface area contributed by atoms with Gasteiger partial charge in [0.2, 0.25) is 0 Å². The zero-order chi connectivity index (χ0) is 29.7. The predicted molar refractivity (Wildman–Crippen MR) is 159 cm³/mol. The van der Waals surface area contributed by atoms with Crippen LogP contribution in [0, 0.1) is 10.8 Å². The number of ketones is 2. The molecule has 0 radical (unpaired) electrons. The second-order valence-electron chi connectivity index (χ2n) is 12.9. The van der Waals surface area contributed by atoms with Gasteiger partial charge in [-0.05, 0) is 53.5 Å². The zero-order valence-electron chi connectivity index (χ0n) is 23.9. The number of carboxylic acid groups (broad SMARTS) is 1. The van der Waals surface area contributed by atoms with Crippen molar-refractivity contribution < 1.29 is 24.2 Å². The minimum absolute atomic E-state index is 0.00465. The summed E-state index contributed by atoms with van der Waals surface area (Å²) < 4.78 is 6.12. The number of halogens is 2. The molecule has 0 aromatic heterocycles. The van der Waals surface area contributed by atoms with E-state index >= 15 is 0 Å². The van der Waals surface area contributed by atoms with Crippen LogP contribution in [0.3, 0.4) is 0 Å². The maximum atomic E-state index is 13.9. The minimum atomic E-state index is -0.912. The fourth-order valence-electron chi connectivity index (χ4n) is 6.44. The molecule has 0 spiro atoms. The molecule has 2 aromatic rings. The number of ether oxygens (including phenoxy) is 1. The van der Waals surface area contributed by atoms with Crippen LogP contribution in [0.25, 0.3) is 0 Å². The number of Topliss-reactive ketones (excluding diaryl/α,β-unsaturated/α-hetero) is 2. The lowest BCUT2D eigenvalue weighted by atomic mass is 9.63. The maximum Gasteiger partial charge on any atom is 0.305 e. The first kappa shape index (κ1) is 29.4. The van der Waals surface area contributed by atoms with E-state index in [0.29, 0.717) is 52.6 Å². The quantitative estimate of drug-likeness (QED) is 0.352. The average Bonchev–Trinajstić information content (AvgIpc) is 2.85. The Labute approximate surface area is 251 Å². The Morgan fingerprint density at radius 1 is 0.927 bits per heavy atom. The third kappa shape index (κ3) is 6.09. The normalized spacial score (nSPS) is 20.2. The van der Waals surface area contributed by atoms with Gasteiger partial charge >= 0.3 is 5.97 Å². The second kappa shape index (κ2) is 11.0. The number of aliphatic carboxylic acids is 1. The number of hydrogen-bond donors (Lipinski definition) is 1. The molecule has 0 amide bonds. The van der Waals surface area contributed by atoms with E-state index in [1.54, 1.807) is 12.1 Å². The number of carboxylic acids is 1. The van der Waals surface area contributed by atoms with Gasteiger partial charge in [-0.15, -0.1) is 0 Å². The Morgan fingerprint density at radius 3 is 2.10 bits per heavy atom. The number of carbonyl (C=O) groups excluding carboxylic acids is 2. The molecule has 41 heavy (non-hydrogen) atoms. The largest absolute Gasteiger partial charge is 0.489 e. The SMILES string of the molecule is CC1(C)CC(=O)C2=C(C1)N(CCC(=O)O)C1=C(C(=O)CC(C)(C)C1)C2c1cccc(OCc2ccc(Cl)cc2Cl)c1. The summed E-state index contributed by atoms with van der Waals surface area (Å²) in [6.45, 7) is 8.71. The van der Waals surface area contributed by atoms with Crippen molar-refractivity contribution in [3.63, 3.8) is 0 Å². The van der Waals surface area contributed by atoms with E-state index in [0.717, 1.165) is 22.5 Å². The molecule has 1 aliphatic heterocycles. The van der Waals surface area contributed by atoms with E-state index in [1.807, 2.05) is 35.2 Å². The highest BCUT2D eigenvalue weighted by molar-refractivity contribution is 6.35. The van der Waals surface area contributed by atoms with Gasteiger partial charge in [0.05, 0.1) is 6.42 Å². The predicted octanol–water partition coefficient (Wildman–Crippen LogP) is 7.73. The first-order valence-corrected chi connectivity index (χ1v) is 14.7. The van der Waals surface area contributed by atoms with E-state index in [2.05, 4.69) is 27.7 Å². The van der Waals surface area contributed by atoms with Crippen LogP contribution in [0.5, 0.6) is 5.75 Å². The summed E-state index contributed by atoms with van der Waals surface area (Å²) in [7, 11) is 0. The molecule has 0 atom stereocenters. The van der Waals surface area contributed by atoms with Crippen LogP contribution < -0.4 is 4.74 Å². The summed E-state index contributed by atoms with van der Waals surface area (Å²) >= 11 is 12.4. The van der Waals surface area contributed by atoms with Gasteiger partial charge < -0.3 is 14.7 Å². The molecule has 6 nitrogen and oxygen atoms in total. The van der Waals surface area contributed by atoms with Crippen molar-refractivity contribution in [2.75, 3.05) is 6.54 Å². The van der Waals surface area contributed by atoms with Gasteiger partial charge in [0, 0.05) is 63.5 Å². The van der Waals surface area contributed by atoms with Crippen molar-refractivity contribution in [2.45, 2.75) is 72.3 Å². The van der Waals surface area contributed by atoms with E-state index < -0.39 is 11.9 Å². The third-order valence-corrected chi connectivity index (χ3v) is 8.76. The van der Waals surface area contributed by atoms with Crippen LogP contribution in [0.15, 0.2) is 65.0 Å². The van der Waals surface area contributed by atoms with Crippen molar-refractivity contribution in [3.05, 3.63) is 86.2 Å². The lowest BCUT2D eigenvalue weighted by Crippen LogP contribution is -2.45. The van der Waals surface area contributed by atoms with E-state index in [4.69, 9.17) is 27.9 Å². The van der Waals surface area contributed by atoms with Crippen molar-refractivity contribution >= 4 is 40.7 Å². The maximum absolute atomic E-state index is 13.9.